The van der Waals surface area contributed by atoms with Crippen LogP contribution in [-0.4, -0.2) is 43.3 Å². The van der Waals surface area contributed by atoms with Gasteiger partial charge in [0.2, 0.25) is 0 Å². The summed E-state index contributed by atoms with van der Waals surface area (Å²) in [6.07, 6.45) is 1.58. The van der Waals surface area contributed by atoms with Crippen molar-refractivity contribution in [1.29, 1.82) is 0 Å². The van der Waals surface area contributed by atoms with Crippen LogP contribution in [0.1, 0.15) is 22.7 Å². The van der Waals surface area contributed by atoms with Crippen molar-refractivity contribution in [2.24, 2.45) is 10.8 Å². The predicted molar refractivity (Wildman–Crippen MR) is 125 cm³/mol. The van der Waals surface area contributed by atoms with Crippen molar-refractivity contribution in [2.45, 2.75) is 6.04 Å². The first-order valence-corrected chi connectivity index (χ1v) is 10.5. The van der Waals surface area contributed by atoms with E-state index in [4.69, 9.17) is 5.73 Å². The zero-order valence-electron chi connectivity index (χ0n) is 17.4. The van der Waals surface area contributed by atoms with Gasteiger partial charge in [-0.3, -0.25) is 4.90 Å². The van der Waals surface area contributed by atoms with Gasteiger partial charge >= 0.3 is 6.03 Å². The van der Waals surface area contributed by atoms with Crippen LogP contribution in [-0.2, 0) is 0 Å². The highest BCUT2D eigenvalue weighted by Gasteiger charge is 2.26. The van der Waals surface area contributed by atoms with Crippen molar-refractivity contribution < 1.29 is 4.79 Å². The minimum atomic E-state index is -0.671. The maximum absolute atomic E-state index is 10.7. The van der Waals surface area contributed by atoms with Gasteiger partial charge in [-0.1, -0.05) is 72.8 Å². The molecule has 4 rings (SSSR count). The normalized spacial score (nSPS) is 14.8. The zero-order valence-corrected chi connectivity index (χ0v) is 17.4. The van der Waals surface area contributed by atoms with Gasteiger partial charge < -0.3 is 10.6 Å². The minimum Gasteiger partial charge on any atom is -0.369 e. The van der Waals surface area contributed by atoms with Crippen molar-refractivity contribution in [3.05, 3.63) is 102 Å². The molecule has 0 radical (unpaired) electrons. The number of urea groups is 1. The minimum absolute atomic E-state index is 0.265. The van der Waals surface area contributed by atoms with Crippen LogP contribution in [0.3, 0.4) is 0 Å². The fourth-order valence-electron chi connectivity index (χ4n) is 4.06. The van der Waals surface area contributed by atoms with E-state index in [0.717, 1.165) is 31.7 Å². The van der Waals surface area contributed by atoms with Crippen molar-refractivity contribution in [3.63, 3.8) is 0 Å². The predicted octanol–water partition coefficient (Wildman–Crippen LogP) is 3.60. The van der Waals surface area contributed by atoms with Crippen LogP contribution in [0.2, 0.25) is 0 Å². The first-order chi connectivity index (χ1) is 15.2. The molecule has 0 bridgehead atoms. The summed E-state index contributed by atoms with van der Waals surface area (Å²) in [7, 11) is 0. The fraction of sp³-hybridized carbons (Fsp3) is 0.200. The lowest BCUT2D eigenvalue weighted by atomic mass is 9.96. The smallest absolute Gasteiger partial charge is 0.332 e. The number of rotatable bonds is 6. The Balaban J connectivity index is 1.43. The summed E-state index contributed by atoms with van der Waals surface area (Å²) < 4.78 is 0. The Morgan fingerprint density at radius 1 is 0.839 bits per heavy atom. The standard InChI is InChI=1S/C25H27N5O/c26-25(31)28-27-19-20-11-13-23(14-12-20)29-15-17-30(18-16-29)24(21-7-3-1-4-8-21)22-9-5-2-6-10-22/h1-14,19,24H,15-18H2,(H3,26,28,31)/b27-19+. The Morgan fingerprint density at radius 2 is 1.39 bits per heavy atom. The second-order valence-corrected chi connectivity index (χ2v) is 7.57. The van der Waals surface area contributed by atoms with Crippen LogP contribution in [0.25, 0.3) is 0 Å². The van der Waals surface area contributed by atoms with Gasteiger partial charge in [0.15, 0.2) is 0 Å². The molecule has 0 unspecified atom stereocenters. The summed E-state index contributed by atoms with van der Waals surface area (Å²) in [5, 5.41) is 3.80. The van der Waals surface area contributed by atoms with Crippen LogP contribution in [0.5, 0.6) is 0 Å². The number of nitrogens with two attached hydrogens (primary N) is 1. The molecule has 6 nitrogen and oxygen atoms in total. The molecule has 1 aliphatic heterocycles. The second-order valence-electron chi connectivity index (χ2n) is 7.57. The molecular weight excluding hydrogens is 386 g/mol. The fourth-order valence-corrected chi connectivity index (χ4v) is 4.06. The van der Waals surface area contributed by atoms with Crippen LogP contribution < -0.4 is 16.1 Å². The number of hydrazone groups is 1. The molecule has 0 aromatic heterocycles. The lowest BCUT2D eigenvalue weighted by Gasteiger charge is -2.40. The molecule has 158 valence electrons. The zero-order chi connectivity index (χ0) is 21.5. The number of nitrogens with one attached hydrogen (secondary N) is 1. The summed E-state index contributed by atoms with van der Waals surface area (Å²) in [6, 6.07) is 29.2. The number of amides is 2. The van der Waals surface area contributed by atoms with E-state index in [-0.39, 0.29) is 6.04 Å². The molecule has 1 aliphatic rings. The highest BCUT2D eigenvalue weighted by molar-refractivity contribution is 5.82. The Kier molecular flexibility index (Phi) is 6.59. The Hall–Kier alpha value is -3.64. The maximum atomic E-state index is 10.7. The van der Waals surface area contributed by atoms with Crippen molar-refractivity contribution in [3.8, 4) is 0 Å². The summed E-state index contributed by atoms with van der Waals surface area (Å²) in [4.78, 5) is 15.7. The van der Waals surface area contributed by atoms with E-state index in [1.807, 2.05) is 12.1 Å². The third kappa shape index (κ3) is 5.29. The lowest BCUT2D eigenvalue weighted by Crippen LogP contribution is -2.48. The van der Waals surface area contributed by atoms with E-state index in [0.29, 0.717) is 0 Å². The average Bonchev–Trinajstić information content (AvgIpc) is 2.81. The van der Waals surface area contributed by atoms with E-state index in [1.165, 1.54) is 16.8 Å². The Labute approximate surface area is 183 Å². The number of primary amides is 1. The maximum Gasteiger partial charge on any atom is 0.332 e. The second kappa shape index (κ2) is 9.91. The molecule has 1 fully saturated rings. The largest absolute Gasteiger partial charge is 0.369 e. The highest BCUT2D eigenvalue weighted by atomic mass is 16.2. The molecule has 1 heterocycles. The number of anilines is 1. The van der Waals surface area contributed by atoms with Gasteiger partial charge in [0.1, 0.15) is 0 Å². The van der Waals surface area contributed by atoms with E-state index >= 15 is 0 Å². The summed E-state index contributed by atoms with van der Waals surface area (Å²) >= 11 is 0. The molecule has 2 amide bonds. The third-order valence-corrected chi connectivity index (χ3v) is 5.56. The molecular formula is C25H27N5O. The van der Waals surface area contributed by atoms with Crippen molar-refractivity contribution in [1.82, 2.24) is 10.3 Å². The van der Waals surface area contributed by atoms with Gasteiger partial charge in [0.05, 0.1) is 12.3 Å². The molecule has 6 heteroatoms. The molecule has 0 spiro atoms. The lowest BCUT2D eigenvalue weighted by molar-refractivity contribution is 0.212. The Bertz CT molecular complexity index is 958. The number of carbonyl (C=O) groups is 1. The third-order valence-electron chi connectivity index (χ3n) is 5.56. The first-order valence-electron chi connectivity index (χ1n) is 10.5. The molecule has 1 saturated heterocycles. The number of benzene rings is 3. The topological polar surface area (TPSA) is 74.0 Å². The molecule has 3 aromatic rings. The number of piperazine rings is 1. The van der Waals surface area contributed by atoms with E-state index in [2.05, 4.69) is 93.1 Å². The van der Waals surface area contributed by atoms with Crippen LogP contribution in [0.15, 0.2) is 90.0 Å². The number of hydrogen-bond donors (Lipinski definition) is 2. The van der Waals surface area contributed by atoms with Gasteiger partial charge in [0.25, 0.3) is 0 Å². The van der Waals surface area contributed by atoms with E-state index in [9.17, 15) is 4.79 Å². The van der Waals surface area contributed by atoms with Crippen molar-refractivity contribution in [2.75, 3.05) is 31.1 Å². The number of carbonyl (C=O) groups excluding carboxylic acids is 1. The van der Waals surface area contributed by atoms with Crippen LogP contribution in [0, 0.1) is 0 Å². The molecule has 0 saturated carbocycles. The van der Waals surface area contributed by atoms with Gasteiger partial charge in [-0.2, -0.15) is 5.10 Å². The average molecular weight is 414 g/mol. The summed E-state index contributed by atoms with van der Waals surface area (Å²) in [5.74, 6) is 0. The SMILES string of the molecule is NC(=O)N/N=C/c1ccc(N2CCN(C(c3ccccc3)c3ccccc3)CC2)cc1. The summed E-state index contributed by atoms with van der Waals surface area (Å²) in [6.45, 7) is 3.90. The van der Waals surface area contributed by atoms with Gasteiger partial charge in [-0.05, 0) is 28.8 Å². The highest BCUT2D eigenvalue weighted by Crippen LogP contribution is 2.30. The molecule has 3 aromatic carbocycles. The summed E-state index contributed by atoms with van der Waals surface area (Å²) in [5.41, 5.74) is 12.0. The number of hydrogen-bond acceptors (Lipinski definition) is 4. The molecule has 31 heavy (non-hydrogen) atoms. The van der Waals surface area contributed by atoms with Crippen molar-refractivity contribution >= 4 is 17.9 Å². The number of nitrogens with zero attached hydrogens (tertiary/aromatic N) is 3. The molecule has 3 N–H and O–H groups in total. The molecule has 0 aliphatic carbocycles. The van der Waals surface area contributed by atoms with Crippen LogP contribution in [0.4, 0.5) is 10.5 Å². The monoisotopic (exact) mass is 413 g/mol. The van der Waals surface area contributed by atoms with Gasteiger partial charge in [-0.15, -0.1) is 0 Å². The van der Waals surface area contributed by atoms with Crippen LogP contribution >= 0.6 is 0 Å². The van der Waals surface area contributed by atoms with Gasteiger partial charge in [-0.25, -0.2) is 10.2 Å². The van der Waals surface area contributed by atoms with E-state index < -0.39 is 6.03 Å². The quantitative estimate of drug-likeness (QED) is 0.479. The first kappa shape index (κ1) is 20.6. The van der Waals surface area contributed by atoms with Gasteiger partial charge in [0, 0.05) is 31.9 Å². The molecule has 0 atom stereocenters. The van der Waals surface area contributed by atoms with E-state index in [1.54, 1.807) is 6.21 Å². The Morgan fingerprint density at radius 3 is 1.90 bits per heavy atom.